The van der Waals surface area contributed by atoms with E-state index >= 15 is 0 Å². The minimum absolute atomic E-state index is 0.0357. The molecule has 1 aromatic rings. The van der Waals surface area contributed by atoms with Gasteiger partial charge in [0.1, 0.15) is 12.3 Å². The van der Waals surface area contributed by atoms with E-state index in [0.29, 0.717) is 49.9 Å². The van der Waals surface area contributed by atoms with Crippen LogP contribution in [0.1, 0.15) is 96.5 Å². The van der Waals surface area contributed by atoms with Crippen molar-refractivity contribution in [3.05, 3.63) is 23.8 Å². The average Bonchev–Trinajstić information content (AvgIpc) is 2.88. The number of guanidine groups is 1. The van der Waals surface area contributed by atoms with Gasteiger partial charge in [-0.25, -0.2) is 4.99 Å². The Balaban J connectivity index is 1.33. The Kier molecular flexibility index (Phi) is 9.69. The first-order valence-electron chi connectivity index (χ1n) is 14.3. The first-order chi connectivity index (χ1) is 17.9. The number of esters is 1. The molecule has 0 spiro atoms. The van der Waals surface area contributed by atoms with Crippen LogP contribution in [0.2, 0.25) is 0 Å². The van der Waals surface area contributed by atoms with Gasteiger partial charge in [0.25, 0.3) is 0 Å². The highest BCUT2D eigenvalue weighted by Gasteiger charge is 2.32. The van der Waals surface area contributed by atoms with E-state index in [1.807, 2.05) is 32.0 Å². The Labute approximate surface area is 221 Å². The molecule has 1 aromatic carbocycles. The van der Waals surface area contributed by atoms with Crippen LogP contribution in [0.3, 0.4) is 0 Å². The lowest BCUT2D eigenvalue weighted by Crippen LogP contribution is -2.48. The number of amides is 1. The molecule has 1 aliphatic heterocycles. The fourth-order valence-electron chi connectivity index (χ4n) is 5.97. The van der Waals surface area contributed by atoms with E-state index in [1.165, 1.54) is 38.5 Å². The van der Waals surface area contributed by atoms with Crippen LogP contribution in [0, 0.1) is 0 Å². The Morgan fingerprint density at radius 2 is 1.70 bits per heavy atom. The summed E-state index contributed by atoms with van der Waals surface area (Å²) < 4.78 is 11.4. The SMILES string of the molecule is CC(C)OC(=O)CN1Cc2c(cccc2OCCCC(=O)N(C2CCCCC2)C2CCCCC2)N=C1N. The summed E-state index contributed by atoms with van der Waals surface area (Å²) in [4.78, 5) is 34.1. The average molecular weight is 513 g/mol. The Bertz CT molecular complexity index is 933. The molecular weight excluding hydrogens is 468 g/mol. The molecule has 204 valence electrons. The molecule has 0 unspecified atom stereocenters. The minimum atomic E-state index is -0.339. The Morgan fingerprint density at radius 3 is 2.32 bits per heavy atom. The topological polar surface area (TPSA) is 97.5 Å². The maximum absolute atomic E-state index is 13.4. The van der Waals surface area contributed by atoms with E-state index in [-0.39, 0.29) is 18.6 Å². The van der Waals surface area contributed by atoms with E-state index in [1.54, 1.807) is 4.90 Å². The third-order valence-electron chi connectivity index (χ3n) is 7.72. The third-order valence-corrected chi connectivity index (χ3v) is 7.72. The second-order valence-corrected chi connectivity index (χ2v) is 11.0. The first kappa shape index (κ1) is 27.3. The van der Waals surface area contributed by atoms with Gasteiger partial charge in [-0.2, -0.15) is 0 Å². The van der Waals surface area contributed by atoms with Gasteiger partial charge < -0.3 is 25.0 Å². The van der Waals surface area contributed by atoms with E-state index < -0.39 is 0 Å². The van der Waals surface area contributed by atoms with Crippen molar-refractivity contribution in [2.45, 2.75) is 116 Å². The van der Waals surface area contributed by atoms with Crippen LogP contribution in [-0.2, 0) is 20.9 Å². The van der Waals surface area contributed by atoms with Crippen LogP contribution in [0.4, 0.5) is 5.69 Å². The van der Waals surface area contributed by atoms with E-state index in [2.05, 4.69) is 9.89 Å². The van der Waals surface area contributed by atoms with E-state index in [0.717, 1.165) is 42.7 Å². The molecule has 37 heavy (non-hydrogen) atoms. The van der Waals surface area contributed by atoms with Gasteiger partial charge in [-0.1, -0.05) is 44.6 Å². The lowest BCUT2D eigenvalue weighted by Gasteiger charge is -2.42. The number of carbonyl (C=O) groups excluding carboxylic acids is 2. The highest BCUT2D eigenvalue weighted by molar-refractivity contribution is 5.87. The molecule has 0 atom stereocenters. The van der Waals surface area contributed by atoms with Crippen LogP contribution < -0.4 is 10.5 Å². The van der Waals surface area contributed by atoms with Crippen molar-refractivity contribution in [1.82, 2.24) is 9.80 Å². The van der Waals surface area contributed by atoms with Gasteiger partial charge >= 0.3 is 5.97 Å². The predicted molar refractivity (Wildman–Crippen MR) is 145 cm³/mol. The summed E-state index contributed by atoms with van der Waals surface area (Å²) in [5, 5.41) is 0. The Morgan fingerprint density at radius 1 is 1.05 bits per heavy atom. The highest BCUT2D eigenvalue weighted by atomic mass is 16.5. The molecule has 0 saturated heterocycles. The van der Waals surface area contributed by atoms with Crippen LogP contribution in [-0.4, -0.2) is 59.0 Å². The molecule has 3 aliphatic rings. The molecule has 1 amide bonds. The normalized spacial score (nSPS) is 18.8. The number of hydrogen-bond acceptors (Lipinski definition) is 7. The number of ether oxygens (including phenoxy) is 2. The molecule has 2 N–H and O–H groups in total. The van der Waals surface area contributed by atoms with Crippen molar-refractivity contribution >= 4 is 23.5 Å². The fourth-order valence-corrected chi connectivity index (χ4v) is 5.97. The molecule has 2 aliphatic carbocycles. The summed E-state index contributed by atoms with van der Waals surface area (Å²) in [5.74, 6) is 0.972. The zero-order valence-corrected chi connectivity index (χ0v) is 22.6. The second-order valence-electron chi connectivity index (χ2n) is 11.0. The zero-order chi connectivity index (χ0) is 26.2. The molecular formula is C29H44N4O4. The molecule has 0 radical (unpaired) electrons. The van der Waals surface area contributed by atoms with Gasteiger partial charge in [-0.05, 0) is 58.1 Å². The number of nitrogens with zero attached hydrogens (tertiary/aromatic N) is 3. The monoisotopic (exact) mass is 512 g/mol. The van der Waals surface area contributed by atoms with Crippen LogP contribution in [0.25, 0.3) is 0 Å². The highest BCUT2D eigenvalue weighted by Crippen LogP contribution is 2.34. The van der Waals surface area contributed by atoms with Gasteiger partial charge in [0.15, 0.2) is 5.96 Å². The van der Waals surface area contributed by atoms with Crippen molar-refractivity contribution in [2.75, 3.05) is 13.2 Å². The van der Waals surface area contributed by atoms with Crippen LogP contribution in [0.5, 0.6) is 5.75 Å². The molecule has 1 heterocycles. The molecule has 4 rings (SSSR count). The fraction of sp³-hybridized carbons (Fsp3) is 0.690. The number of rotatable bonds is 10. The smallest absolute Gasteiger partial charge is 0.325 e. The lowest BCUT2D eigenvalue weighted by molar-refractivity contribution is -0.147. The standard InChI is InChI=1S/C29H44N4O4/c1-21(2)37-28(35)20-32-19-24-25(31-29(32)30)15-9-16-26(24)36-18-10-17-27(34)33(22-11-5-3-6-12-22)23-13-7-4-8-14-23/h9,15-16,21-23H,3-8,10-14,17-20H2,1-2H3,(H2,30,31). The zero-order valence-electron chi connectivity index (χ0n) is 22.6. The number of carbonyl (C=O) groups is 2. The number of aliphatic imine (C=N–C) groups is 1. The summed E-state index contributed by atoms with van der Waals surface area (Å²) in [6, 6.07) is 6.55. The summed E-state index contributed by atoms with van der Waals surface area (Å²) in [5.41, 5.74) is 7.76. The summed E-state index contributed by atoms with van der Waals surface area (Å²) in [6.45, 7) is 4.56. The molecule has 8 nitrogen and oxygen atoms in total. The number of fused-ring (bicyclic) bond motifs is 1. The van der Waals surface area contributed by atoms with Crippen molar-refractivity contribution in [1.29, 1.82) is 0 Å². The summed E-state index contributed by atoms with van der Waals surface area (Å²) in [6.07, 6.45) is 13.2. The quantitative estimate of drug-likeness (QED) is 0.348. The molecule has 0 bridgehead atoms. The van der Waals surface area contributed by atoms with Crippen molar-refractivity contribution in [3.8, 4) is 5.75 Å². The van der Waals surface area contributed by atoms with Gasteiger partial charge in [-0.3, -0.25) is 9.59 Å². The Hall–Kier alpha value is -2.77. The van der Waals surface area contributed by atoms with Gasteiger partial charge in [0.05, 0.1) is 24.9 Å². The first-order valence-corrected chi connectivity index (χ1v) is 14.3. The van der Waals surface area contributed by atoms with Crippen molar-refractivity contribution in [2.24, 2.45) is 10.7 Å². The second kappa shape index (κ2) is 13.2. The molecule has 8 heteroatoms. The van der Waals surface area contributed by atoms with Gasteiger partial charge in [0, 0.05) is 24.1 Å². The molecule has 0 aromatic heterocycles. The number of nitrogens with two attached hydrogens (primary N) is 1. The van der Waals surface area contributed by atoms with Gasteiger partial charge in [-0.15, -0.1) is 0 Å². The van der Waals surface area contributed by atoms with Crippen molar-refractivity contribution in [3.63, 3.8) is 0 Å². The minimum Gasteiger partial charge on any atom is -0.493 e. The number of hydrogen-bond donors (Lipinski definition) is 1. The summed E-state index contributed by atoms with van der Waals surface area (Å²) >= 11 is 0. The lowest BCUT2D eigenvalue weighted by atomic mass is 9.88. The third kappa shape index (κ3) is 7.39. The maximum atomic E-state index is 13.4. The maximum Gasteiger partial charge on any atom is 0.325 e. The molecule has 2 fully saturated rings. The van der Waals surface area contributed by atoms with Crippen molar-refractivity contribution < 1.29 is 19.1 Å². The van der Waals surface area contributed by atoms with Crippen LogP contribution in [0.15, 0.2) is 23.2 Å². The van der Waals surface area contributed by atoms with Gasteiger partial charge in [0.2, 0.25) is 5.91 Å². The largest absolute Gasteiger partial charge is 0.493 e. The van der Waals surface area contributed by atoms with E-state index in [9.17, 15) is 9.59 Å². The summed E-state index contributed by atoms with van der Waals surface area (Å²) in [7, 11) is 0. The van der Waals surface area contributed by atoms with E-state index in [4.69, 9.17) is 15.2 Å². The number of benzene rings is 1. The predicted octanol–water partition coefficient (Wildman–Crippen LogP) is 5.05. The molecule has 2 saturated carbocycles. The van der Waals surface area contributed by atoms with Crippen LogP contribution >= 0.6 is 0 Å².